The largest absolute Gasteiger partial charge is 0.379 e. The lowest BCUT2D eigenvalue weighted by Gasteiger charge is -2.07. The third-order valence-corrected chi connectivity index (χ3v) is 3.63. The number of rotatable bonds is 3. The van der Waals surface area contributed by atoms with Crippen molar-refractivity contribution in [3.05, 3.63) is 59.4 Å². The smallest absolute Gasteiger partial charge is 0.342 e. The fourth-order valence-corrected chi connectivity index (χ4v) is 2.47. The number of halogens is 2. The minimum atomic E-state index is -4.19. The monoisotopic (exact) mass is 286 g/mol. The Kier molecular flexibility index (Phi) is 3.54. The Morgan fingerprint density at radius 2 is 1.72 bits per heavy atom. The summed E-state index contributed by atoms with van der Waals surface area (Å²) in [6.45, 7) is 0. The van der Waals surface area contributed by atoms with E-state index >= 15 is 0 Å². The van der Waals surface area contributed by atoms with Gasteiger partial charge in [-0.2, -0.15) is 8.42 Å². The summed E-state index contributed by atoms with van der Waals surface area (Å²) in [5, 5.41) is 0.117. The standard InChI is InChI=1S/C12H8ClFO3S/c13-9-6-7-12(11(14)8-9)18(15,16)17-10-4-2-1-3-5-10/h1-8H. The lowest BCUT2D eigenvalue weighted by Crippen LogP contribution is -2.11. The summed E-state index contributed by atoms with van der Waals surface area (Å²) in [6, 6.07) is 11.1. The summed E-state index contributed by atoms with van der Waals surface area (Å²) in [7, 11) is -4.19. The maximum atomic E-state index is 13.5. The van der Waals surface area contributed by atoms with Gasteiger partial charge in [0, 0.05) is 5.02 Å². The van der Waals surface area contributed by atoms with Gasteiger partial charge in [-0.15, -0.1) is 0 Å². The summed E-state index contributed by atoms with van der Waals surface area (Å²) < 4.78 is 42.0. The summed E-state index contributed by atoms with van der Waals surface area (Å²) in [6.07, 6.45) is 0. The Bertz CT molecular complexity index is 656. The highest BCUT2D eigenvalue weighted by molar-refractivity contribution is 7.87. The zero-order chi connectivity index (χ0) is 13.2. The topological polar surface area (TPSA) is 43.4 Å². The van der Waals surface area contributed by atoms with Crippen LogP contribution in [0.4, 0.5) is 4.39 Å². The first-order valence-electron chi connectivity index (χ1n) is 4.93. The molecule has 3 nitrogen and oxygen atoms in total. The van der Waals surface area contributed by atoms with Gasteiger partial charge in [-0.25, -0.2) is 4.39 Å². The summed E-state index contributed by atoms with van der Waals surface area (Å²) >= 11 is 5.55. The van der Waals surface area contributed by atoms with Crippen LogP contribution in [0.15, 0.2) is 53.4 Å². The van der Waals surface area contributed by atoms with E-state index in [1.165, 1.54) is 18.2 Å². The molecule has 0 amide bonds. The van der Waals surface area contributed by atoms with Crippen LogP contribution in [0.3, 0.4) is 0 Å². The molecule has 0 saturated carbocycles. The fraction of sp³-hybridized carbons (Fsp3) is 0. The highest BCUT2D eigenvalue weighted by Gasteiger charge is 2.21. The molecule has 0 heterocycles. The van der Waals surface area contributed by atoms with E-state index in [0.717, 1.165) is 12.1 Å². The summed E-state index contributed by atoms with van der Waals surface area (Å²) in [5.41, 5.74) is 0. The van der Waals surface area contributed by atoms with Crippen molar-refractivity contribution in [1.82, 2.24) is 0 Å². The molecule has 2 aromatic carbocycles. The zero-order valence-electron chi connectivity index (χ0n) is 9.01. The minimum absolute atomic E-state index is 0.117. The van der Waals surface area contributed by atoms with Crippen molar-refractivity contribution in [2.45, 2.75) is 4.90 Å². The van der Waals surface area contributed by atoms with Crippen LogP contribution in [0.1, 0.15) is 0 Å². The van der Waals surface area contributed by atoms with E-state index in [1.807, 2.05) is 0 Å². The quantitative estimate of drug-likeness (QED) is 0.814. The van der Waals surface area contributed by atoms with Gasteiger partial charge >= 0.3 is 10.1 Å². The van der Waals surface area contributed by atoms with Gasteiger partial charge < -0.3 is 4.18 Å². The first kappa shape index (κ1) is 12.9. The molecule has 0 aliphatic heterocycles. The highest BCUT2D eigenvalue weighted by Crippen LogP contribution is 2.22. The molecular formula is C12H8ClFO3S. The zero-order valence-corrected chi connectivity index (χ0v) is 10.6. The van der Waals surface area contributed by atoms with Crippen LogP contribution in [0.5, 0.6) is 5.75 Å². The molecule has 0 atom stereocenters. The lowest BCUT2D eigenvalue weighted by molar-refractivity contribution is 0.476. The fourth-order valence-electron chi connectivity index (χ4n) is 1.33. The van der Waals surface area contributed by atoms with E-state index in [9.17, 15) is 12.8 Å². The Balaban J connectivity index is 2.37. The SMILES string of the molecule is O=S(=O)(Oc1ccccc1)c1ccc(Cl)cc1F. The van der Waals surface area contributed by atoms with Crippen LogP contribution in [0.2, 0.25) is 5.02 Å². The van der Waals surface area contributed by atoms with Gasteiger partial charge in [0.1, 0.15) is 16.5 Å². The Morgan fingerprint density at radius 1 is 1.06 bits per heavy atom. The molecule has 0 radical (unpaired) electrons. The molecule has 0 aliphatic carbocycles. The van der Waals surface area contributed by atoms with Gasteiger partial charge in [-0.3, -0.25) is 0 Å². The summed E-state index contributed by atoms with van der Waals surface area (Å²) in [5.74, 6) is -0.828. The molecule has 0 fully saturated rings. The predicted molar refractivity (Wildman–Crippen MR) is 65.7 cm³/mol. The van der Waals surface area contributed by atoms with Crippen LogP contribution < -0.4 is 4.18 Å². The van der Waals surface area contributed by atoms with Crippen LogP contribution in [-0.4, -0.2) is 8.42 Å². The van der Waals surface area contributed by atoms with Gasteiger partial charge in [0.05, 0.1) is 0 Å². The van der Waals surface area contributed by atoms with Crippen molar-refractivity contribution in [2.24, 2.45) is 0 Å². The van der Waals surface area contributed by atoms with Gasteiger partial charge in [0.15, 0.2) is 0 Å². The Hall–Kier alpha value is -1.59. The van der Waals surface area contributed by atoms with Crippen molar-refractivity contribution in [2.75, 3.05) is 0 Å². The van der Waals surface area contributed by atoms with Gasteiger partial charge in [0.25, 0.3) is 0 Å². The molecule has 0 unspecified atom stereocenters. The van der Waals surface area contributed by atoms with Crippen molar-refractivity contribution < 1.29 is 17.0 Å². The van der Waals surface area contributed by atoms with Crippen molar-refractivity contribution in [1.29, 1.82) is 0 Å². The second kappa shape index (κ2) is 4.96. The van der Waals surface area contributed by atoms with Crippen molar-refractivity contribution >= 4 is 21.7 Å². The Labute approximate surface area is 109 Å². The van der Waals surface area contributed by atoms with Crippen LogP contribution >= 0.6 is 11.6 Å². The lowest BCUT2D eigenvalue weighted by atomic mass is 10.3. The Morgan fingerprint density at radius 3 is 2.33 bits per heavy atom. The van der Waals surface area contributed by atoms with E-state index in [1.54, 1.807) is 18.2 Å². The molecule has 2 aromatic rings. The number of benzene rings is 2. The predicted octanol–water partition coefficient (Wildman–Crippen LogP) is 3.25. The normalized spacial score (nSPS) is 11.2. The third kappa shape index (κ3) is 2.80. The molecular weight excluding hydrogens is 279 g/mol. The summed E-state index contributed by atoms with van der Waals surface area (Å²) in [4.78, 5) is -0.546. The van der Waals surface area contributed by atoms with Gasteiger partial charge in [-0.05, 0) is 30.3 Å². The molecule has 18 heavy (non-hydrogen) atoms. The molecule has 0 aliphatic rings. The molecule has 0 saturated heterocycles. The second-order valence-electron chi connectivity index (χ2n) is 3.43. The van der Waals surface area contributed by atoms with Crippen LogP contribution in [-0.2, 0) is 10.1 Å². The molecule has 0 N–H and O–H groups in total. The maximum Gasteiger partial charge on any atom is 0.342 e. The molecule has 6 heteroatoms. The number of hydrogen-bond donors (Lipinski definition) is 0. The average molecular weight is 287 g/mol. The second-order valence-corrected chi connectivity index (χ2v) is 5.38. The van der Waals surface area contributed by atoms with Crippen molar-refractivity contribution in [3.63, 3.8) is 0 Å². The molecule has 94 valence electrons. The van der Waals surface area contributed by atoms with E-state index in [0.29, 0.717) is 0 Å². The van der Waals surface area contributed by atoms with Crippen LogP contribution in [0, 0.1) is 5.82 Å². The molecule has 0 bridgehead atoms. The van der Waals surface area contributed by atoms with Gasteiger partial charge in [-0.1, -0.05) is 29.8 Å². The highest BCUT2D eigenvalue weighted by atomic mass is 35.5. The van der Waals surface area contributed by atoms with E-state index in [4.69, 9.17) is 15.8 Å². The van der Waals surface area contributed by atoms with E-state index < -0.39 is 20.8 Å². The average Bonchev–Trinajstić information content (AvgIpc) is 2.29. The third-order valence-electron chi connectivity index (χ3n) is 2.11. The molecule has 0 spiro atoms. The minimum Gasteiger partial charge on any atom is -0.379 e. The first-order chi connectivity index (χ1) is 8.49. The van der Waals surface area contributed by atoms with Crippen molar-refractivity contribution in [3.8, 4) is 5.75 Å². The first-order valence-corrected chi connectivity index (χ1v) is 6.72. The number of hydrogen-bond acceptors (Lipinski definition) is 3. The van der Waals surface area contributed by atoms with E-state index in [-0.39, 0.29) is 10.8 Å². The number of para-hydroxylation sites is 1. The maximum absolute atomic E-state index is 13.5. The van der Waals surface area contributed by atoms with Crippen LogP contribution in [0.25, 0.3) is 0 Å². The molecule has 2 rings (SSSR count). The molecule has 0 aromatic heterocycles. The van der Waals surface area contributed by atoms with E-state index in [2.05, 4.69) is 0 Å². The van der Waals surface area contributed by atoms with Gasteiger partial charge in [0.2, 0.25) is 0 Å².